The van der Waals surface area contributed by atoms with Crippen LogP contribution in [0.3, 0.4) is 0 Å². The topological polar surface area (TPSA) is 101 Å². The molecular weight excluding hydrogens is 380 g/mol. The zero-order chi connectivity index (χ0) is 19.1. The van der Waals surface area contributed by atoms with Crippen LogP contribution in [0.1, 0.15) is 33.6 Å². The van der Waals surface area contributed by atoms with Crippen molar-refractivity contribution in [3.8, 4) is 5.75 Å². The fourth-order valence-electron chi connectivity index (χ4n) is 2.07. The van der Waals surface area contributed by atoms with Crippen molar-refractivity contribution in [2.24, 2.45) is 0 Å². The van der Waals surface area contributed by atoms with Gasteiger partial charge in [-0.3, -0.25) is 4.79 Å². The third kappa shape index (κ3) is 5.79. The van der Waals surface area contributed by atoms with Crippen molar-refractivity contribution in [1.29, 1.82) is 0 Å². The third-order valence-corrected chi connectivity index (χ3v) is 4.62. The van der Waals surface area contributed by atoms with Crippen LogP contribution in [-0.4, -0.2) is 33.9 Å². The minimum absolute atomic E-state index is 0.203. The Morgan fingerprint density at radius 2 is 1.62 bits per heavy atom. The van der Waals surface area contributed by atoms with Crippen LogP contribution in [0.15, 0.2) is 47.4 Å². The highest BCUT2D eigenvalue weighted by atomic mass is 35.5. The molecule has 2 rings (SSSR count). The van der Waals surface area contributed by atoms with Crippen LogP contribution in [0.4, 0.5) is 0 Å². The lowest BCUT2D eigenvalue weighted by Crippen LogP contribution is -2.08. The van der Waals surface area contributed by atoms with Gasteiger partial charge in [0, 0.05) is 16.3 Å². The number of carboxylic acids is 2. The fourth-order valence-corrected chi connectivity index (χ4v) is 3.08. The van der Waals surface area contributed by atoms with Gasteiger partial charge < -0.3 is 14.9 Å². The van der Waals surface area contributed by atoms with Gasteiger partial charge in [0.1, 0.15) is 5.75 Å². The van der Waals surface area contributed by atoms with Crippen LogP contribution < -0.4 is 4.74 Å². The quantitative estimate of drug-likeness (QED) is 0.299. The molecule has 0 bridgehead atoms. The molecule has 0 amide bonds. The fraction of sp³-hybridized carbons (Fsp3) is 0.167. The average Bonchev–Trinajstić information content (AvgIpc) is 2.60. The van der Waals surface area contributed by atoms with Crippen molar-refractivity contribution >= 4 is 41.3 Å². The SMILES string of the molecule is O=C(CCCSc1ccc(C(=O)O)c(C(=O)O)c1)Oc1ccc(Cl)cc1. The number of carbonyl (C=O) groups excluding carboxylic acids is 1. The van der Waals surface area contributed by atoms with Crippen molar-refractivity contribution < 1.29 is 29.3 Å². The van der Waals surface area contributed by atoms with E-state index in [4.69, 9.17) is 26.6 Å². The lowest BCUT2D eigenvalue weighted by molar-refractivity contribution is -0.134. The number of aromatic carboxylic acids is 2. The second kappa shape index (κ2) is 9.26. The van der Waals surface area contributed by atoms with E-state index in [2.05, 4.69) is 0 Å². The van der Waals surface area contributed by atoms with Crippen molar-refractivity contribution in [2.75, 3.05) is 5.75 Å². The number of hydrogen-bond donors (Lipinski definition) is 2. The highest BCUT2D eigenvalue weighted by molar-refractivity contribution is 7.99. The van der Waals surface area contributed by atoms with Crippen LogP contribution in [0.25, 0.3) is 0 Å². The minimum Gasteiger partial charge on any atom is -0.478 e. The molecule has 0 heterocycles. The second-order valence-corrected chi connectivity index (χ2v) is 6.80. The summed E-state index contributed by atoms with van der Waals surface area (Å²) < 4.78 is 5.16. The maximum absolute atomic E-state index is 11.8. The van der Waals surface area contributed by atoms with Gasteiger partial charge in [0.15, 0.2) is 0 Å². The minimum atomic E-state index is -1.30. The molecule has 0 unspecified atom stereocenters. The van der Waals surface area contributed by atoms with Crippen molar-refractivity contribution in [1.82, 2.24) is 0 Å². The smallest absolute Gasteiger partial charge is 0.336 e. The largest absolute Gasteiger partial charge is 0.478 e. The van der Waals surface area contributed by atoms with Crippen LogP contribution in [-0.2, 0) is 4.79 Å². The lowest BCUT2D eigenvalue weighted by Gasteiger charge is -2.06. The van der Waals surface area contributed by atoms with Gasteiger partial charge in [-0.25, -0.2) is 9.59 Å². The van der Waals surface area contributed by atoms with E-state index < -0.39 is 11.9 Å². The van der Waals surface area contributed by atoms with Gasteiger partial charge in [0.05, 0.1) is 11.1 Å². The van der Waals surface area contributed by atoms with Crippen molar-refractivity contribution in [3.63, 3.8) is 0 Å². The summed E-state index contributed by atoms with van der Waals surface area (Å²) in [5.74, 6) is -1.98. The Hall–Kier alpha value is -2.51. The Balaban J connectivity index is 1.83. The molecule has 0 aliphatic heterocycles. The number of thioether (sulfide) groups is 1. The summed E-state index contributed by atoms with van der Waals surface area (Å²) in [5.41, 5.74) is -0.516. The maximum atomic E-state index is 11.8. The molecule has 0 saturated heterocycles. The van der Waals surface area contributed by atoms with Crippen LogP contribution in [0, 0.1) is 0 Å². The number of rotatable bonds is 8. The first kappa shape index (κ1) is 19.8. The molecule has 6 nitrogen and oxygen atoms in total. The number of benzene rings is 2. The molecule has 0 atom stereocenters. The first-order valence-electron chi connectivity index (χ1n) is 7.56. The molecule has 0 fully saturated rings. The number of esters is 1. The summed E-state index contributed by atoms with van der Waals surface area (Å²) in [4.78, 5) is 34.6. The molecule has 0 radical (unpaired) electrons. The lowest BCUT2D eigenvalue weighted by atomic mass is 10.1. The molecule has 2 N–H and O–H groups in total. The second-order valence-electron chi connectivity index (χ2n) is 5.20. The molecule has 0 aromatic heterocycles. The molecule has 0 spiro atoms. The van der Waals surface area contributed by atoms with Gasteiger partial charge in [-0.05, 0) is 54.6 Å². The first-order chi connectivity index (χ1) is 12.4. The van der Waals surface area contributed by atoms with Crippen LogP contribution in [0.5, 0.6) is 5.75 Å². The summed E-state index contributed by atoms with van der Waals surface area (Å²) in [6.07, 6.45) is 0.731. The van der Waals surface area contributed by atoms with E-state index in [0.717, 1.165) is 0 Å². The Morgan fingerprint density at radius 3 is 2.23 bits per heavy atom. The van der Waals surface area contributed by atoms with E-state index in [9.17, 15) is 14.4 Å². The van der Waals surface area contributed by atoms with Gasteiger partial charge in [0.2, 0.25) is 0 Å². The Bertz CT molecular complexity index is 819. The molecule has 2 aromatic carbocycles. The predicted molar refractivity (Wildman–Crippen MR) is 97.4 cm³/mol. The summed E-state index contributed by atoms with van der Waals surface area (Å²) >= 11 is 7.10. The van der Waals surface area contributed by atoms with Gasteiger partial charge in [0.25, 0.3) is 0 Å². The number of hydrogen-bond acceptors (Lipinski definition) is 5. The van der Waals surface area contributed by atoms with Crippen molar-refractivity contribution in [2.45, 2.75) is 17.7 Å². The molecule has 8 heteroatoms. The van der Waals surface area contributed by atoms with E-state index in [1.165, 1.54) is 23.9 Å². The number of carboxylic acid groups (broad SMARTS) is 2. The van der Waals surface area contributed by atoms with E-state index in [1.54, 1.807) is 30.3 Å². The van der Waals surface area contributed by atoms with Gasteiger partial charge >= 0.3 is 17.9 Å². The molecule has 2 aromatic rings. The Morgan fingerprint density at radius 1 is 0.962 bits per heavy atom. The molecular formula is C18H15ClO6S. The molecule has 26 heavy (non-hydrogen) atoms. The van der Waals surface area contributed by atoms with Gasteiger partial charge in [-0.2, -0.15) is 0 Å². The summed E-state index contributed by atoms with van der Waals surface area (Å²) in [5, 5.41) is 18.6. The number of carbonyl (C=O) groups is 3. The third-order valence-electron chi connectivity index (χ3n) is 3.29. The monoisotopic (exact) mass is 394 g/mol. The molecule has 0 saturated carbocycles. The van der Waals surface area contributed by atoms with Crippen LogP contribution >= 0.6 is 23.4 Å². The maximum Gasteiger partial charge on any atom is 0.336 e. The highest BCUT2D eigenvalue weighted by Crippen LogP contribution is 2.23. The molecule has 0 aliphatic rings. The van der Waals surface area contributed by atoms with E-state index in [0.29, 0.717) is 27.8 Å². The standard InChI is InChI=1S/C18H15ClO6S/c19-11-3-5-12(6-4-11)25-16(20)2-1-9-26-13-7-8-14(17(21)22)15(10-13)18(23)24/h3-8,10H,1-2,9H2,(H,21,22)(H,23,24). The van der Waals surface area contributed by atoms with E-state index >= 15 is 0 Å². The molecule has 136 valence electrons. The molecule has 0 aliphatic carbocycles. The Labute approximate surface area is 158 Å². The van der Waals surface area contributed by atoms with Crippen LogP contribution in [0.2, 0.25) is 5.02 Å². The highest BCUT2D eigenvalue weighted by Gasteiger charge is 2.16. The Kier molecular flexibility index (Phi) is 7.06. The van der Waals surface area contributed by atoms with E-state index in [1.807, 2.05) is 0 Å². The number of halogens is 1. The summed E-state index contributed by atoms with van der Waals surface area (Å²) in [7, 11) is 0. The summed E-state index contributed by atoms with van der Waals surface area (Å²) in [6, 6.07) is 10.6. The predicted octanol–water partition coefficient (Wildman–Crippen LogP) is 4.21. The zero-order valence-electron chi connectivity index (χ0n) is 13.5. The van der Waals surface area contributed by atoms with Gasteiger partial charge in [-0.15, -0.1) is 11.8 Å². The average molecular weight is 395 g/mol. The first-order valence-corrected chi connectivity index (χ1v) is 8.93. The number of ether oxygens (including phenoxy) is 1. The van der Waals surface area contributed by atoms with E-state index in [-0.39, 0.29) is 23.5 Å². The van der Waals surface area contributed by atoms with Gasteiger partial charge in [-0.1, -0.05) is 11.6 Å². The van der Waals surface area contributed by atoms with Crippen molar-refractivity contribution in [3.05, 3.63) is 58.6 Å². The summed E-state index contributed by atoms with van der Waals surface area (Å²) in [6.45, 7) is 0. The normalized spacial score (nSPS) is 10.3. The zero-order valence-corrected chi connectivity index (χ0v) is 15.0.